The van der Waals surface area contributed by atoms with Crippen LogP contribution in [0.15, 0.2) is 11.7 Å². The predicted molar refractivity (Wildman–Crippen MR) is 58.4 cm³/mol. The van der Waals surface area contributed by atoms with Crippen molar-refractivity contribution in [2.45, 2.75) is 24.4 Å². The molecule has 0 N–H and O–H groups in total. The molecule has 0 saturated carbocycles. The van der Waals surface area contributed by atoms with E-state index in [-0.39, 0.29) is 26.3 Å². The van der Waals surface area contributed by atoms with Crippen LogP contribution in [-0.4, -0.2) is 62.3 Å². The number of halogens is 10. The lowest BCUT2D eigenvalue weighted by molar-refractivity contribution is -0.256. The van der Waals surface area contributed by atoms with E-state index in [1.807, 2.05) is 0 Å². The third-order valence-corrected chi connectivity index (χ3v) is 2.80. The maximum absolute atomic E-state index is 13.8. The molecule has 0 bridgehead atoms. The Morgan fingerprint density at radius 1 is 1.00 bits per heavy atom. The van der Waals surface area contributed by atoms with Crippen molar-refractivity contribution in [2.24, 2.45) is 0 Å². The Morgan fingerprint density at radius 3 is 1.92 bits per heavy atom. The Morgan fingerprint density at radius 2 is 1.50 bits per heavy atom. The quantitative estimate of drug-likeness (QED) is 0.414. The summed E-state index contributed by atoms with van der Waals surface area (Å²) < 4.78 is 135. The van der Waals surface area contributed by atoms with Crippen molar-refractivity contribution < 1.29 is 53.4 Å². The highest BCUT2D eigenvalue weighted by atomic mass is 19.4. The molecule has 0 aromatic heterocycles. The van der Waals surface area contributed by atoms with E-state index in [0.29, 0.717) is 4.90 Å². The van der Waals surface area contributed by atoms with Crippen LogP contribution in [0.4, 0.5) is 43.9 Å². The van der Waals surface area contributed by atoms with Crippen LogP contribution in [0.25, 0.3) is 0 Å². The number of alkyl halides is 9. The van der Waals surface area contributed by atoms with Crippen LogP contribution in [0.3, 0.4) is 0 Å². The van der Waals surface area contributed by atoms with Gasteiger partial charge < -0.3 is 14.4 Å². The van der Waals surface area contributed by atoms with E-state index in [1.165, 1.54) is 0 Å². The first-order chi connectivity index (χ1) is 10.8. The summed E-state index contributed by atoms with van der Waals surface area (Å²) >= 11 is 0. The average Bonchev–Trinajstić information content (AvgIpc) is 2.44. The standard InChI is InChI=1S/C11H11F10NO2/c12-7(22-1-3-23-4-2-22)6(10(16,17)18)24-5-9(14,15)8(13)11(19,20)21/h8H,1-5H2/b7-6+. The SMILES string of the molecule is F/C(=C(\OCC(F)(F)C(F)C(F)(F)F)C(F)(F)F)N1CCOCC1. The smallest absolute Gasteiger partial charge is 0.453 e. The van der Waals surface area contributed by atoms with Gasteiger partial charge in [-0.15, -0.1) is 0 Å². The average molecular weight is 379 g/mol. The summed E-state index contributed by atoms with van der Waals surface area (Å²) in [4.78, 5) is 0.459. The molecule has 0 amide bonds. The first kappa shape index (κ1) is 20.6. The molecule has 1 atom stereocenters. The number of allylic oxidation sites excluding steroid dienone is 1. The molecular formula is C11H11F10NO2. The highest BCUT2D eigenvalue weighted by molar-refractivity contribution is 5.07. The fraction of sp³-hybridized carbons (Fsp3) is 0.818. The highest BCUT2D eigenvalue weighted by Gasteiger charge is 2.58. The van der Waals surface area contributed by atoms with E-state index in [9.17, 15) is 43.9 Å². The Kier molecular flexibility index (Phi) is 6.22. The molecule has 1 unspecified atom stereocenters. The molecule has 0 aromatic carbocycles. The zero-order chi connectivity index (χ0) is 18.8. The first-order valence-electron chi connectivity index (χ1n) is 6.28. The molecule has 1 rings (SSSR count). The van der Waals surface area contributed by atoms with E-state index in [1.54, 1.807) is 0 Å². The van der Waals surface area contributed by atoms with Crippen LogP contribution in [0, 0.1) is 0 Å². The van der Waals surface area contributed by atoms with Gasteiger partial charge in [-0.2, -0.15) is 39.5 Å². The third kappa shape index (κ3) is 5.31. The number of nitrogens with zero attached hydrogens (tertiary/aromatic N) is 1. The van der Waals surface area contributed by atoms with Crippen molar-refractivity contribution in [3.05, 3.63) is 11.7 Å². The molecule has 1 heterocycles. The highest BCUT2D eigenvalue weighted by Crippen LogP contribution is 2.37. The fourth-order valence-electron chi connectivity index (χ4n) is 1.64. The number of ether oxygens (including phenoxy) is 2. The Balaban J connectivity index is 2.95. The number of morpholine rings is 1. The van der Waals surface area contributed by atoms with Crippen molar-refractivity contribution in [1.82, 2.24) is 4.90 Å². The van der Waals surface area contributed by atoms with E-state index in [0.717, 1.165) is 0 Å². The summed E-state index contributed by atoms with van der Waals surface area (Å²) in [6.45, 7) is -3.68. The molecule has 1 fully saturated rings. The maximum atomic E-state index is 13.8. The van der Waals surface area contributed by atoms with Crippen molar-refractivity contribution in [1.29, 1.82) is 0 Å². The lowest BCUT2D eigenvalue weighted by atomic mass is 10.2. The molecule has 3 nitrogen and oxygen atoms in total. The monoisotopic (exact) mass is 379 g/mol. The third-order valence-electron chi connectivity index (χ3n) is 2.80. The van der Waals surface area contributed by atoms with E-state index < -0.39 is 42.8 Å². The summed E-state index contributed by atoms with van der Waals surface area (Å²) in [5.41, 5.74) is 0. The fourth-order valence-corrected chi connectivity index (χ4v) is 1.64. The van der Waals surface area contributed by atoms with Crippen LogP contribution in [0.5, 0.6) is 0 Å². The lowest BCUT2D eigenvalue weighted by Gasteiger charge is -2.29. The van der Waals surface area contributed by atoms with Crippen LogP contribution >= 0.6 is 0 Å². The molecule has 1 aliphatic heterocycles. The second-order valence-electron chi connectivity index (χ2n) is 4.67. The van der Waals surface area contributed by atoms with Gasteiger partial charge in [0.1, 0.15) is 0 Å². The van der Waals surface area contributed by atoms with Crippen LogP contribution in [0.2, 0.25) is 0 Å². The van der Waals surface area contributed by atoms with Crippen molar-refractivity contribution in [3.63, 3.8) is 0 Å². The maximum Gasteiger partial charge on any atom is 0.453 e. The Hall–Kier alpha value is -1.40. The van der Waals surface area contributed by atoms with Gasteiger partial charge in [0, 0.05) is 13.1 Å². The minimum absolute atomic E-state index is 0.157. The van der Waals surface area contributed by atoms with Crippen LogP contribution in [0.1, 0.15) is 0 Å². The second kappa shape index (κ2) is 7.23. The van der Waals surface area contributed by atoms with Gasteiger partial charge in [0.2, 0.25) is 5.95 Å². The molecule has 24 heavy (non-hydrogen) atoms. The summed E-state index contributed by atoms with van der Waals surface area (Å²) in [5.74, 6) is -9.98. The number of rotatable bonds is 5. The van der Waals surface area contributed by atoms with Crippen LogP contribution < -0.4 is 0 Å². The molecule has 142 valence electrons. The number of hydrogen-bond donors (Lipinski definition) is 0. The van der Waals surface area contributed by atoms with Gasteiger partial charge in [0.25, 0.3) is 11.9 Å². The van der Waals surface area contributed by atoms with E-state index in [4.69, 9.17) is 4.74 Å². The first-order valence-corrected chi connectivity index (χ1v) is 6.28. The van der Waals surface area contributed by atoms with Gasteiger partial charge in [0.05, 0.1) is 13.2 Å². The predicted octanol–water partition coefficient (Wildman–Crippen LogP) is 3.57. The molecule has 1 aliphatic rings. The summed E-state index contributed by atoms with van der Waals surface area (Å²) in [6, 6.07) is 0. The second-order valence-corrected chi connectivity index (χ2v) is 4.67. The van der Waals surface area contributed by atoms with Gasteiger partial charge >= 0.3 is 18.3 Å². The van der Waals surface area contributed by atoms with Crippen LogP contribution in [-0.2, 0) is 9.47 Å². The minimum Gasteiger partial charge on any atom is -0.479 e. The molecule has 0 aromatic rings. The topological polar surface area (TPSA) is 21.7 Å². The minimum atomic E-state index is -6.02. The van der Waals surface area contributed by atoms with Gasteiger partial charge in [-0.3, -0.25) is 0 Å². The zero-order valence-corrected chi connectivity index (χ0v) is 11.7. The lowest BCUT2D eigenvalue weighted by Crippen LogP contribution is -2.45. The van der Waals surface area contributed by atoms with Gasteiger partial charge in [0.15, 0.2) is 6.61 Å². The largest absolute Gasteiger partial charge is 0.479 e. The van der Waals surface area contributed by atoms with Crippen molar-refractivity contribution in [2.75, 3.05) is 32.9 Å². The normalized spacial score (nSPS) is 19.8. The van der Waals surface area contributed by atoms with E-state index >= 15 is 0 Å². The van der Waals surface area contributed by atoms with Gasteiger partial charge in [-0.1, -0.05) is 0 Å². The molecule has 0 aliphatic carbocycles. The molecule has 0 radical (unpaired) electrons. The molecule has 0 spiro atoms. The van der Waals surface area contributed by atoms with E-state index in [2.05, 4.69) is 4.74 Å². The van der Waals surface area contributed by atoms with Crippen molar-refractivity contribution >= 4 is 0 Å². The van der Waals surface area contributed by atoms with Gasteiger partial charge in [-0.25, -0.2) is 4.39 Å². The van der Waals surface area contributed by atoms with Crippen molar-refractivity contribution in [3.8, 4) is 0 Å². The summed E-state index contributed by atoms with van der Waals surface area (Å²) in [5, 5.41) is 0. The van der Waals surface area contributed by atoms with Gasteiger partial charge in [-0.05, 0) is 0 Å². The Labute approximate surface area is 128 Å². The molecule has 13 heteroatoms. The zero-order valence-electron chi connectivity index (χ0n) is 11.7. The molecule has 1 saturated heterocycles. The Bertz CT molecular complexity index is 453. The summed E-state index contributed by atoms with van der Waals surface area (Å²) in [7, 11) is 0. The molecular weight excluding hydrogens is 368 g/mol. The summed E-state index contributed by atoms with van der Waals surface area (Å²) in [6.07, 6.45) is -16.4. The number of hydrogen-bond acceptors (Lipinski definition) is 3.